The third-order valence-corrected chi connectivity index (χ3v) is 2.74. The molecule has 0 aromatic heterocycles. The molecule has 1 aromatic carbocycles. The zero-order valence-electron chi connectivity index (χ0n) is 9.25. The largest absolute Gasteiger partial charge is 0.352 e. The average Bonchev–Trinajstić information content (AvgIpc) is 2.27. The first-order valence-electron chi connectivity index (χ1n) is 5.09. The number of hydrogen-bond donors (Lipinski definition) is 1. The molecule has 0 saturated heterocycles. The lowest BCUT2D eigenvalue weighted by Gasteiger charge is -2.05. The molecule has 0 saturated carbocycles. The maximum Gasteiger partial charge on any atom is 0.219 e. The molecule has 0 fully saturated rings. The van der Waals surface area contributed by atoms with E-state index < -0.39 is 0 Å². The topological polar surface area (TPSA) is 29.1 Å². The van der Waals surface area contributed by atoms with Gasteiger partial charge in [-0.15, -0.1) is 0 Å². The molecule has 0 bridgehead atoms. The lowest BCUT2D eigenvalue weighted by Crippen LogP contribution is -2.21. The van der Waals surface area contributed by atoms with Gasteiger partial charge in [-0.05, 0) is 17.4 Å². The Labute approximate surface area is 95.5 Å². The predicted octanol–water partition coefficient (Wildman–Crippen LogP) is 2.58. The molecule has 0 unspecified atom stereocenters. The van der Waals surface area contributed by atoms with Gasteiger partial charge < -0.3 is 5.32 Å². The quantitative estimate of drug-likeness (QED) is 0.831. The molecule has 0 atom stereocenters. The van der Waals surface area contributed by atoms with E-state index in [2.05, 4.69) is 23.7 Å². The molecule has 0 heterocycles. The number of rotatable bonds is 5. The van der Waals surface area contributed by atoms with Crippen molar-refractivity contribution < 1.29 is 4.79 Å². The monoisotopic (exact) mass is 223 g/mol. The molecule has 2 nitrogen and oxygen atoms in total. The Morgan fingerprint density at radius 3 is 2.80 bits per heavy atom. The fraction of sp³-hybridized carbons (Fsp3) is 0.417. The smallest absolute Gasteiger partial charge is 0.219 e. The van der Waals surface area contributed by atoms with Gasteiger partial charge in [0, 0.05) is 18.7 Å². The summed E-state index contributed by atoms with van der Waals surface area (Å²) in [6.45, 7) is 2.49. The van der Waals surface area contributed by atoms with Gasteiger partial charge in [0.05, 0.1) is 0 Å². The number of carbonyl (C=O) groups is 1. The van der Waals surface area contributed by atoms with E-state index >= 15 is 0 Å². The lowest BCUT2D eigenvalue weighted by atomic mass is 10.1. The highest BCUT2D eigenvalue weighted by molar-refractivity contribution is 7.97. The first-order chi connectivity index (χ1) is 7.26. The van der Waals surface area contributed by atoms with Gasteiger partial charge in [-0.1, -0.05) is 31.2 Å². The third kappa shape index (κ3) is 4.38. The van der Waals surface area contributed by atoms with Crippen LogP contribution in [0, 0.1) is 0 Å². The van der Waals surface area contributed by atoms with E-state index in [1.54, 1.807) is 11.8 Å². The molecule has 1 amide bonds. The molecule has 0 aliphatic heterocycles. The van der Waals surface area contributed by atoms with Crippen LogP contribution in [0.3, 0.4) is 0 Å². The van der Waals surface area contributed by atoms with E-state index in [9.17, 15) is 4.79 Å². The highest BCUT2D eigenvalue weighted by Gasteiger charge is 1.98. The molecule has 0 aliphatic carbocycles. The maximum atomic E-state index is 11.1. The van der Waals surface area contributed by atoms with Gasteiger partial charge in [-0.2, -0.15) is 11.8 Å². The van der Waals surface area contributed by atoms with Crippen LogP contribution in [0.1, 0.15) is 24.5 Å². The standard InChI is InChI=1S/C12H17NOS/c1-3-12(14)13-8-10-5-4-6-11(7-10)9-15-2/h4-7H,3,8-9H2,1-2H3,(H,13,14). The number of nitrogens with one attached hydrogen (secondary N) is 1. The molecule has 82 valence electrons. The zero-order valence-corrected chi connectivity index (χ0v) is 10.1. The van der Waals surface area contributed by atoms with Crippen molar-refractivity contribution in [1.29, 1.82) is 0 Å². The van der Waals surface area contributed by atoms with Crippen LogP contribution in [-0.4, -0.2) is 12.2 Å². The van der Waals surface area contributed by atoms with E-state index in [4.69, 9.17) is 0 Å². The van der Waals surface area contributed by atoms with Crippen LogP contribution in [0.15, 0.2) is 24.3 Å². The summed E-state index contributed by atoms with van der Waals surface area (Å²) in [5.41, 5.74) is 2.48. The van der Waals surface area contributed by atoms with Crippen LogP contribution in [0.25, 0.3) is 0 Å². The summed E-state index contributed by atoms with van der Waals surface area (Å²) in [7, 11) is 0. The molecule has 1 rings (SSSR count). The average molecular weight is 223 g/mol. The Bertz CT molecular complexity index is 325. The highest BCUT2D eigenvalue weighted by Crippen LogP contribution is 2.11. The van der Waals surface area contributed by atoms with Crippen LogP contribution in [0.5, 0.6) is 0 Å². The Hall–Kier alpha value is -0.960. The minimum absolute atomic E-state index is 0.102. The normalized spacial score (nSPS) is 10.0. The van der Waals surface area contributed by atoms with E-state index in [0.29, 0.717) is 13.0 Å². The number of amides is 1. The molecule has 3 heteroatoms. The fourth-order valence-corrected chi connectivity index (χ4v) is 1.83. The van der Waals surface area contributed by atoms with Crippen molar-refractivity contribution in [2.24, 2.45) is 0 Å². The summed E-state index contributed by atoms with van der Waals surface area (Å²) < 4.78 is 0. The molecule has 0 radical (unpaired) electrons. The van der Waals surface area contributed by atoms with Crippen molar-refractivity contribution >= 4 is 17.7 Å². The van der Waals surface area contributed by atoms with Crippen molar-refractivity contribution in [2.75, 3.05) is 6.26 Å². The molecule has 1 aromatic rings. The van der Waals surface area contributed by atoms with Crippen LogP contribution >= 0.6 is 11.8 Å². The molecular formula is C12H17NOS. The Morgan fingerprint density at radius 2 is 2.13 bits per heavy atom. The lowest BCUT2D eigenvalue weighted by molar-refractivity contribution is -0.120. The molecular weight excluding hydrogens is 206 g/mol. The summed E-state index contributed by atoms with van der Waals surface area (Å²) in [4.78, 5) is 11.1. The fourth-order valence-electron chi connectivity index (χ4n) is 1.32. The van der Waals surface area contributed by atoms with Crippen molar-refractivity contribution in [1.82, 2.24) is 5.32 Å². The van der Waals surface area contributed by atoms with Crippen LogP contribution in [-0.2, 0) is 17.1 Å². The van der Waals surface area contributed by atoms with Gasteiger partial charge in [-0.3, -0.25) is 4.79 Å². The van der Waals surface area contributed by atoms with Crippen LogP contribution < -0.4 is 5.32 Å². The molecule has 15 heavy (non-hydrogen) atoms. The van der Waals surface area contributed by atoms with Gasteiger partial charge in [0.1, 0.15) is 0 Å². The van der Waals surface area contributed by atoms with Crippen molar-refractivity contribution in [3.63, 3.8) is 0 Å². The van der Waals surface area contributed by atoms with E-state index in [-0.39, 0.29) is 5.91 Å². The summed E-state index contributed by atoms with van der Waals surface area (Å²) in [5, 5.41) is 2.87. The Balaban J connectivity index is 2.53. The minimum atomic E-state index is 0.102. The molecule has 0 aliphatic rings. The first-order valence-corrected chi connectivity index (χ1v) is 6.49. The van der Waals surface area contributed by atoms with Crippen molar-refractivity contribution in [2.45, 2.75) is 25.6 Å². The number of thioether (sulfide) groups is 1. The minimum Gasteiger partial charge on any atom is -0.352 e. The number of carbonyl (C=O) groups excluding carboxylic acids is 1. The Morgan fingerprint density at radius 1 is 1.40 bits per heavy atom. The number of hydrogen-bond acceptors (Lipinski definition) is 2. The molecule has 1 N–H and O–H groups in total. The second-order valence-electron chi connectivity index (χ2n) is 3.38. The van der Waals surface area contributed by atoms with Gasteiger partial charge in [0.25, 0.3) is 0 Å². The second-order valence-corrected chi connectivity index (χ2v) is 4.25. The van der Waals surface area contributed by atoms with Gasteiger partial charge in [0.2, 0.25) is 5.91 Å². The van der Waals surface area contributed by atoms with Crippen molar-refractivity contribution in [3.8, 4) is 0 Å². The Kier molecular flexibility index (Phi) is 5.26. The van der Waals surface area contributed by atoms with E-state index in [1.807, 2.05) is 19.1 Å². The zero-order chi connectivity index (χ0) is 11.1. The third-order valence-electron chi connectivity index (χ3n) is 2.11. The van der Waals surface area contributed by atoms with Crippen molar-refractivity contribution in [3.05, 3.63) is 35.4 Å². The summed E-state index contributed by atoms with van der Waals surface area (Å²) >= 11 is 1.80. The van der Waals surface area contributed by atoms with Crippen LogP contribution in [0.2, 0.25) is 0 Å². The van der Waals surface area contributed by atoms with E-state index in [0.717, 1.165) is 5.75 Å². The molecule has 0 spiro atoms. The second kappa shape index (κ2) is 6.51. The SMILES string of the molecule is CCC(=O)NCc1cccc(CSC)c1. The van der Waals surface area contributed by atoms with Gasteiger partial charge >= 0.3 is 0 Å². The summed E-state index contributed by atoms with van der Waals surface area (Å²) in [5.74, 6) is 1.13. The summed E-state index contributed by atoms with van der Waals surface area (Å²) in [6.07, 6.45) is 2.63. The highest BCUT2D eigenvalue weighted by atomic mass is 32.2. The van der Waals surface area contributed by atoms with Crippen LogP contribution in [0.4, 0.5) is 0 Å². The number of benzene rings is 1. The van der Waals surface area contributed by atoms with Gasteiger partial charge in [0.15, 0.2) is 0 Å². The summed E-state index contributed by atoms with van der Waals surface area (Å²) in [6, 6.07) is 8.34. The van der Waals surface area contributed by atoms with Gasteiger partial charge in [-0.25, -0.2) is 0 Å². The maximum absolute atomic E-state index is 11.1. The predicted molar refractivity (Wildman–Crippen MR) is 65.8 cm³/mol. The van der Waals surface area contributed by atoms with E-state index in [1.165, 1.54) is 11.1 Å². The first kappa shape index (κ1) is 12.1.